The predicted octanol–water partition coefficient (Wildman–Crippen LogP) is 2.97. The number of nitrogens with one attached hydrogen (secondary N) is 2. The van der Waals surface area contributed by atoms with Gasteiger partial charge in [0.05, 0.1) is 27.0 Å². The third-order valence-electron chi connectivity index (χ3n) is 3.77. The molecule has 8 nitrogen and oxygen atoms in total. The standard InChI is InChI=1S/C21H25N3O5/c1-4-12-29-21-15(6-5-7-18(21)28-3)14-22-24-20(26)13-19(25)23-16-8-10-17(27-2)11-9-16/h5-11,14H,4,12-13H2,1-3H3,(H,23,25)(H,24,26). The van der Waals surface area contributed by atoms with Crippen molar-refractivity contribution in [1.29, 1.82) is 0 Å². The van der Waals surface area contributed by atoms with E-state index in [9.17, 15) is 9.59 Å². The monoisotopic (exact) mass is 399 g/mol. The van der Waals surface area contributed by atoms with Gasteiger partial charge in [0, 0.05) is 11.3 Å². The molecule has 0 fully saturated rings. The number of carbonyl (C=O) groups excluding carboxylic acids is 2. The van der Waals surface area contributed by atoms with E-state index in [0.717, 1.165) is 6.42 Å². The third kappa shape index (κ3) is 6.84. The number of nitrogens with zero attached hydrogens (tertiary/aromatic N) is 1. The molecule has 0 atom stereocenters. The van der Waals surface area contributed by atoms with E-state index in [0.29, 0.717) is 35.1 Å². The van der Waals surface area contributed by atoms with Crippen molar-refractivity contribution in [3.05, 3.63) is 48.0 Å². The van der Waals surface area contributed by atoms with Gasteiger partial charge in [-0.05, 0) is 42.8 Å². The summed E-state index contributed by atoms with van der Waals surface area (Å²) in [6.07, 6.45) is 1.93. The van der Waals surface area contributed by atoms with Crippen LogP contribution in [0, 0.1) is 0 Å². The van der Waals surface area contributed by atoms with Crippen LogP contribution < -0.4 is 25.0 Å². The molecule has 0 heterocycles. The van der Waals surface area contributed by atoms with Crippen molar-refractivity contribution in [2.24, 2.45) is 5.10 Å². The highest BCUT2D eigenvalue weighted by molar-refractivity contribution is 6.03. The van der Waals surface area contributed by atoms with E-state index in [1.807, 2.05) is 6.92 Å². The fourth-order valence-electron chi connectivity index (χ4n) is 2.39. The van der Waals surface area contributed by atoms with Crippen LogP contribution in [0.5, 0.6) is 17.2 Å². The first-order valence-corrected chi connectivity index (χ1v) is 9.13. The van der Waals surface area contributed by atoms with Gasteiger partial charge in [0.1, 0.15) is 12.2 Å². The topological polar surface area (TPSA) is 98.2 Å². The second-order valence-corrected chi connectivity index (χ2v) is 5.97. The smallest absolute Gasteiger partial charge is 0.249 e. The normalized spacial score (nSPS) is 10.4. The van der Waals surface area contributed by atoms with Crippen LogP contribution in [0.4, 0.5) is 5.69 Å². The Hall–Kier alpha value is -3.55. The SMILES string of the molecule is CCCOc1c(C=NNC(=O)CC(=O)Nc2ccc(OC)cc2)cccc1OC. The second-order valence-electron chi connectivity index (χ2n) is 5.97. The predicted molar refractivity (Wildman–Crippen MR) is 111 cm³/mol. The van der Waals surface area contributed by atoms with Crippen LogP contribution >= 0.6 is 0 Å². The quantitative estimate of drug-likeness (QED) is 0.364. The van der Waals surface area contributed by atoms with Crippen molar-refractivity contribution in [2.45, 2.75) is 19.8 Å². The first kappa shape index (κ1) is 21.7. The molecule has 0 aromatic heterocycles. The van der Waals surface area contributed by atoms with E-state index in [2.05, 4.69) is 15.8 Å². The number of para-hydroxylation sites is 1. The van der Waals surface area contributed by atoms with Crippen molar-refractivity contribution in [3.8, 4) is 17.2 Å². The molecule has 0 saturated heterocycles. The molecule has 2 N–H and O–H groups in total. The average Bonchev–Trinajstić information content (AvgIpc) is 2.73. The molecule has 0 saturated carbocycles. The maximum Gasteiger partial charge on any atom is 0.249 e. The maximum atomic E-state index is 12.0. The van der Waals surface area contributed by atoms with Gasteiger partial charge in [0.2, 0.25) is 11.8 Å². The summed E-state index contributed by atoms with van der Waals surface area (Å²) in [4.78, 5) is 23.9. The van der Waals surface area contributed by atoms with Crippen LogP contribution in [-0.4, -0.2) is 38.9 Å². The molecule has 29 heavy (non-hydrogen) atoms. The largest absolute Gasteiger partial charge is 0.497 e. The van der Waals surface area contributed by atoms with Crippen molar-refractivity contribution in [3.63, 3.8) is 0 Å². The number of hydrazone groups is 1. The zero-order valence-corrected chi connectivity index (χ0v) is 16.7. The molecule has 0 aliphatic heterocycles. The van der Waals surface area contributed by atoms with Crippen LogP contribution in [0.25, 0.3) is 0 Å². The van der Waals surface area contributed by atoms with Gasteiger partial charge in [0.25, 0.3) is 0 Å². The van der Waals surface area contributed by atoms with Gasteiger partial charge in [-0.3, -0.25) is 9.59 Å². The van der Waals surface area contributed by atoms with E-state index in [1.54, 1.807) is 56.7 Å². The highest BCUT2D eigenvalue weighted by Gasteiger charge is 2.11. The Kier molecular flexibility index (Phi) is 8.50. The minimum absolute atomic E-state index is 0.360. The molecule has 2 amide bonds. The maximum absolute atomic E-state index is 12.0. The number of benzene rings is 2. The Morgan fingerprint density at radius 3 is 2.45 bits per heavy atom. The lowest BCUT2D eigenvalue weighted by Gasteiger charge is -2.12. The van der Waals surface area contributed by atoms with Crippen LogP contribution in [0.15, 0.2) is 47.6 Å². The molecule has 154 valence electrons. The Morgan fingerprint density at radius 2 is 1.79 bits per heavy atom. The summed E-state index contributed by atoms with van der Waals surface area (Å²) in [5.41, 5.74) is 3.56. The number of amides is 2. The van der Waals surface area contributed by atoms with Crippen molar-refractivity contribution >= 4 is 23.7 Å². The highest BCUT2D eigenvalue weighted by Crippen LogP contribution is 2.30. The van der Waals surface area contributed by atoms with Gasteiger partial charge in [-0.1, -0.05) is 13.0 Å². The summed E-state index contributed by atoms with van der Waals surface area (Å²) in [6.45, 7) is 2.53. The molecule has 2 aromatic carbocycles. The van der Waals surface area contributed by atoms with Gasteiger partial charge in [-0.2, -0.15) is 5.10 Å². The third-order valence-corrected chi connectivity index (χ3v) is 3.77. The number of methoxy groups -OCH3 is 2. The first-order valence-electron chi connectivity index (χ1n) is 9.13. The Bertz CT molecular complexity index is 850. The van der Waals surface area contributed by atoms with Gasteiger partial charge in [0.15, 0.2) is 11.5 Å². The Morgan fingerprint density at radius 1 is 1.03 bits per heavy atom. The molecule has 8 heteroatoms. The summed E-state index contributed by atoms with van der Waals surface area (Å²) >= 11 is 0. The molecule has 2 rings (SSSR count). The van der Waals surface area contributed by atoms with Crippen LogP contribution in [-0.2, 0) is 9.59 Å². The lowest BCUT2D eigenvalue weighted by atomic mass is 10.2. The molecule has 2 aromatic rings. The van der Waals surface area contributed by atoms with Gasteiger partial charge in [-0.15, -0.1) is 0 Å². The lowest BCUT2D eigenvalue weighted by molar-refractivity contribution is -0.126. The highest BCUT2D eigenvalue weighted by atomic mass is 16.5. The summed E-state index contributed by atoms with van der Waals surface area (Å²) in [7, 11) is 3.11. The minimum atomic E-state index is -0.536. The van der Waals surface area contributed by atoms with Crippen LogP contribution in [0.2, 0.25) is 0 Å². The molecule has 0 bridgehead atoms. The Labute approximate surface area is 169 Å². The van der Waals surface area contributed by atoms with E-state index in [4.69, 9.17) is 14.2 Å². The number of rotatable bonds is 10. The van der Waals surface area contributed by atoms with E-state index in [1.165, 1.54) is 6.21 Å². The molecule has 0 spiro atoms. The van der Waals surface area contributed by atoms with E-state index in [-0.39, 0.29) is 6.42 Å². The van der Waals surface area contributed by atoms with Crippen LogP contribution in [0.1, 0.15) is 25.3 Å². The Balaban J connectivity index is 1.91. The van der Waals surface area contributed by atoms with Gasteiger partial charge < -0.3 is 19.5 Å². The number of hydrogen-bond donors (Lipinski definition) is 2. The molecule has 0 aliphatic rings. The fourth-order valence-corrected chi connectivity index (χ4v) is 2.39. The lowest BCUT2D eigenvalue weighted by Crippen LogP contribution is -2.24. The van der Waals surface area contributed by atoms with Crippen LogP contribution in [0.3, 0.4) is 0 Å². The summed E-state index contributed by atoms with van der Waals surface area (Å²) in [5.74, 6) is 0.817. The number of anilines is 1. The first-order chi connectivity index (χ1) is 14.1. The van der Waals surface area contributed by atoms with Gasteiger partial charge in [-0.25, -0.2) is 5.43 Å². The van der Waals surface area contributed by atoms with Crippen molar-refractivity contribution in [2.75, 3.05) is 26.1 Å². The fraction of sp³-hybridized carbons (Fsp3) is 0.286. The molecule has 0 radical (unpaired) electrons. The summed E-state index contributed by atoms with van der Waals surface area (Å²) in [5, 5.41) is 6.55. The molecular weight excluding hydrogens is 374 g/mol. The zero-order valence-electron chi connectivity index (χ0n) is 16.7. The van der Waals surface area contributed by atoms with Gasteiger partial charge >= 0.3 is 0 Å². The number of carbonyl (C=O) groups is 2. The average molecular weight is 399 g/mol. The summed E-state index contributed by atoms with van der Waals surface area (Å²) < 4.78 is 16.1. The molecule has 0 unspecified atom stereocenters. The summed E-state index contributed by atoms with van der Waals surface area (Å²) in [6, 6.07) is 12.2. The number of ether oxygens (including phenoxy) is 3. The van der Waals surface area contributed by atoms with Crippen molar-refractivity contribution in [1.82, 2.24) is 5.43 Å². The van der Waals surface area contributed by atoms with Crippen molar-refractivity contribution < 1.29 is 23.8 Å². The van der Waals surface area contributed by atoms with E-state index < -0.39 is 11.8 Å². The molecule has 0 aliphatic carbocycles. The minimum Gasteiger partial charge on any atom is -0.497 e. The second kappa shape index (κ2) is 11.3. The zero-order chi connectivity index (χ0) is 21.1. The van der Waals surface area contributed by atoms with E-state index >= 15 is 0 Å². The molecular formula is C21H25N3O5. The number of hydrogen-bond acceptors (Lipinski definition) is 6.